The number of thiazole rings is 1. The zero-order valence-electron chi connectivity index (χ0n) is 9.84. The van der Waals surface area contributed by atoms with E-state index in [0.29, 0.717) is 16.6 Å². The fourth-order valence-corrected chi connectivity index (χ4v) is 2.17. The summed E-state index contributed by atoms with van der Waals surface area (Å²) in [7, 11) is 1.07. The van der Waals surface area contributed by atoms with Crippen LogP contribution >= 0.6 is 11.3 Å². The van der Waals surface area contributed by atoms with Gasteiger partial charge in [0.25, 0.3) is 5.91 Å². The van der Waals surface area contributed by atoms with Crippen LogP contribution in [0.3, 0.4) is 0 Å². The molecule has 0 aliphatic carbocycles. The molecule has 3 N–H and O–H groups in total. The summed E-state index contributed by atoms with van der Waals surface area (Å²) in [6.07, 6.45) is -4.44. The molecule has 1 aromatic heterocycles. The van der Waals surface area contributed by atoms with Crippen molar-refractivity contribution in [3.63, 3.8) is 0 Å². The average molecular weight is 282 g/mol. The topological polar surface area (TPSA) is 71.2 Å². The van der Waals surface area contributed by atoms with Crippen LogP contribution in [-0.2, 0) is 0 Å². The predicted molar refractivity (Wildman–Crippen MR) is 63.7 cm³/mol. The maximum atomic E-state index is 12.2. The Morgan fingerprint density at radius 3 is 2.67 bits per heavy atom. The van der Waals surface area contributed by atoms with E-state index < -0.39 is 18.6 Å². The van der Waals surface area contributed by atoms with E-state index in [1.54, 1.807) is 0 Å². The van der Waals surface area contributed by atoms with Gasteiger partial charge in [0.1, 0.15) is 17.2 Å². The first kappa shape index (κ1) is 14.6. The molecule has 1 heterocycles. The van der Waals surface area contributed by atoms with E-state index in [4.69, 9.17) is 5.73 Å². The minimum Gasteiger partial charge on any atom is -0.382 e. The number of amides is 1. The number of anilines is 2. The van der Waals surface area contributed by atoms with Gasteiger partial charge in [0.05, 0.1) is 0 Å². The molecular formula is C9H13F3N4OS. The van der Waals surface area contributed by atoms with E-state index in [1.807, 2.05) is 6.92 Å². The number of carbonyl (C=O) groups excluding carboxylic acids is 1. The Kier molecular flexibility index (Phi) is 4.38. The number of nitrogens with one attached hydrogen (secondary N) is 1. The predicted octanol–water partition coefficient (Wildman–Crippen LogP) is 1.79. The molecule has 18 heavy (non-hydrogen) atoms. The van der Waals surface area contributed by atoms with Crippen molar-refractivity contribution in [1.82, 2.24) is 9.88 Å². The monoisotopic (exact) mass is 282 g/mol. The highest BCUT2D eigenvalue weighted by Gasteiger charge is 2.32. The third-order valence-corrected chi connectivity index (χ3v) is 2.96. The highest BCUT2D eigenvalue weighted by Crippen LogP contribution is 2.27. The summed E-state index contributed by atoms with van der Waals surface area (Å²) in [5.41, 5.74) is 5.50. The normalized spacial score (nSPS) is 11.4. The van der Waals surface area contributed by atoms with Gasteiger partial charge < -0.3 is 16.0 Å². The lowest BCUT2D eigenvalue weighted by Crippen LogP contribution is -2.35. The lowest BCUT2D eigenvalue weighted by Gasteiger charge is -2.17. The minimum atomic E-state index is -4.44. The van der Waals surface area contributed by atoms with Crippen molar-refractivity contribution in [2.75, 3.05) is 31.2 Å². The Balaban J connectivity index is 2.83. The number of alkyl halides is 3. The third kappa shape index (κ3) is 3.76. The molecule has 0 radical (unpaired) electrons. The maximum absolute atomic E-state index is 12.2. The molecule has 0 spiro atoms. The van der Waals surface area contributed by atoms with Crippen LogP contribution in [0, 0.1) is 0 Å². The maximum Gasteiger partial charge on any atom is 0.406 e. The molecule has 1 aromatic rings. The molecule has 0 unspecified atom stereocenters. The lowest BCUT2D eigenvalue weighted by molar-refractivity contribution is -0.138. The van der Waals surface area contributed by atoms with E-state index in [9.17, 15) is 18.0 Å². The first-order valence-electron chi connectivity index (χ1n) is 5.07. The number of rotatable bonds is 4. The van der Waals surface area contributed by atoms with E-state index >= 15 is 0 Å². The number of nitrogens with zero attached hydrogens (tertiary/aromatic N) is 2. The van der Waals surface area contributed by atoms with Gasteiger partial charge >= 0.3 is 6.18 Å². The van der Waals surface area contributed by atoms with E-state index in [-0.39, 0.29) is 10.7 Å². The molecule has 5 nitrogen and oxygen atoms in total. The number of carbonyl (C=O) groups is 1. The van der Waals surface area contributed by atoms with Crippen LogP contribution in [0.1, 0.15) is 16.6 Å². The Hall–Kier alpha value is -1.51. The number of hydrogen-bond donors (Lipinski definition) is 2. The van der Waals surface area contributed by atoms with Gasteiger partial charge in [-0.1, -0.05) is 11.3 Å². The van der Waals surface area contributed by atoms with Gasteiger partial charge in [-0.05, 0) is 6.92 Å². The number of hydrogen-bond acceptors (Lipinski definition) is 5. The van der Waals surface area contributed by atoms with Crippen molar-refractivity contribution in [2.24, 2.45) is 0 Å². The van der Waals surface area contributed by atoms with Gasteiger partial charge in [-0.25, -0.2) is 4.98 Å². The summed E-state index contributed by atoms with van der Waals surface area (Å²) in [6.45, 7) is 1.09. The Labute approximate surface area is 106 Å². The number of halogens is 3. The lowest BCUT2D eigenvalue weighted by atomic mass is 10.4. The second-order valence-electron chi connectivity index (χ2n) is 3.54. The summed E-state index contributed by atoms with van der Waals surface area (Å²) < 4.78 is 36.5. The second kappa shape index (κ2) is 5.42. The Morgan fingerprint density at radius 1 is 1.56 bits per heavy atom. The van der Waals surface area contributed by atoms with E-state index in [2.05, 4.69) is 10.3 Å². The summed E-state index contributed by atoms with van der Waals surface area (Å²) in [6, 6.07) is 0. The molecule has 0 saturated heterocycles. The molecule has 0 aliphatic rings. The van der Waals surface area contributed by atoms with Crippen LogP contribution in [0.2, 0.25) is 0 Å². The zero-order valence-corrected chi connectivity index (χ0v) is 10.7. The van der Waals surface area contributed by atoms with Crippen LogP contribution in [0.25, 0.3) is 0 Å². The van der Waals surface area contributed by atoms with Gasteiger partial charge in [0, 0.05) is 13.6 Å². The number of nitrogen functional groups attached to an aromatic ring is 1. The van der Waals surface area contributed by atoms with Gasteiger partial charge in [-0.3, -0.25) is 4.79 Å². The highest BCUT2D eigenvalue weighted by molar-refractivity contribution is 7.18. The molecule has 0 saturated carbocycles. The zero-order chi connectivity index (χ0) is 13.9. The van der Waals surface area contributed by atoms with Crippen molar-refractivity contribution in [2.45, 2.75) is 13.1 Å². The number of nitrogens with two attached hydrogens (primary N) is 1. The Morgan fingerprint density at radius 2 is 2.17 bits per heavy atom. The van der Waals surface area contributed by atoms with E-state index in [1.165, 1.54) is 0 Å². The van der Waals surface area contributed by atoms with Crippen molar-refractivity contribution < 1.29 is 18.0 Å². The number of aromatic nitrogens is 1. The highest BCUT2D eigenvalue weighted by atomic mass is 32.1. The summed E-state index contributed by atoms with van der Waals surface area (Å²) >= 11 is 0.941. The second-order valence-corrected chi connectivity index (χ2v) is 4.54. The molecule has 0 aliphatic heterocycles. The fraction of sp³-hybridized carbons (Fsp3) is 0.556. The third-order valence-electron chi connectivity index (χ3n) is 1.94. The molecule has 0 bridgehead atoms. The van der Waals surface area contributed by atoms with Crippen LogP contribution < -0.4 is 11.1 Å². The van der Waals surface area contributed by atoms with E-state index in [0.717, 1.165) is 18.4 Å². The van der Waals surface area contributed by atoms with Crippen LogP contribution in [0.5, 0.6) is 0 Å². The van der Waals surface area contributed by atoms with Gasteiger partial charge in [-0.2, -0.15) is 13.2 Å². The van der Waals surface area contributed by atoms with Crippen LogP contribution in [0.15, 0.2) is 0 Å². The summed E-state index contributed by atoms with van der Waals surface area (Å²) in [4.78, 5) is 16.2. The minimum absolute atomic E-state index is 0.0118. The molecule has 0 fully saturated rings. The van der Waals surface area contributed by atoms with Crippen LogP contribution in [0.4, 0.5) is 24.1 Å². The van der Waals surface area contributed by atoms with Gasteiger partial charge in [0.15, 0.2) is 5.13 Å². The van der Waals surface area contributed by atoms with Gasteiger partial charge in [0.2, 0.25) is 0 Å². The first-order valence-corrected chi connectivity index (χ1v) is 5.88. The molecule has 1 rings (SSSR count). The molecule has 0 atom stereocenters. The SMILES string of the molecule is CCNc1nc(N)c(C(=O)N(C)CC(F)(F)F)s1. The standard InChI is InChI=1S/C9H13F3N4OS/c1-3-14-8-15-6(13)5(18-8)7(17)16(2)4-9(10,11)12/h3-4,13H2,1-2H3,(H,14,15). The van der Waals surface area contributed by atoms with Crippen LogP contribution in [-0.4, -0.2) is 42.1 Å². The molecular weight excluding hydrogens is 269 g/mol. The first-order chi connectivity index (χ1) is 8.24. The fourth-order valence-electron chi connectivity index (χ4n) is 1.23. The molecule has 9 heteroatoms. The summed E-state index contributed by atoms with van der Waals surface area (Å²) in [5.74, 6) is -0.846. The largest absolute Gasteiger partial charge is 0.406 e. The van der Waals surface area contributed by atoms with Crippen molar-refractivity contribution in [3.05, 3.63) is 4.88 Å². The molecule has 102 valence electrons. The quantitative estimate of drug-likeness (QED) is 0.883. The van der Waals surface area contributed by atoms with Gasteiger partial charge in [-0.15, -0.1) is 0 Å². The van der Waals surface area contributed by atoms with Crippen molar-refractivity contribution in [1.29, 1.82) is 0 Å². The average Bonchev–Trinajstić information content (AvgIpc) is 2.56. The molecule has 1 amide bonds. The smallest absolute Gasteiger partial charge is 0.382 e. The Bertz CT molecular complexity index is 432. The van der Waals surface area contributed by atoms with Crippen molar-refractivity contribution in [3.8, 4) is 0 Å². The summed E-state index contributed by atoms with van der Waals surface area (Å²) in [5, 5.41) is 3.26. The van der Waals surface area contributed by atoms with Crippen molar-refractivity contribution >= 4 is 28.2 Å². The molecule has 0 aromatic carbocycles.